The molecule has 0 saturated carbocycles. The van der Waals surface area contributed by atoms with E-state index in [1.165, 1.54) is 0 Å². The van der Waals surface area contributed by atoms with Crippen molar-refractivity contribution >= 4 is 17.5 Å². The molecule has 1 aromatic rings. The zero-order chi connectivity index (χ0) is 14.4. The lowest BCUT2D eigenvalue weighted by atomic mass is 10.0. The van der Waals surface area contributed by atoms with Crippen molar-refractivity contribution in [2.45, 2.75) is 32.2 Å². The molecule has 0 spiro atoms. The summed E-state index contributed by atoms with van der Waals surface area (Å²) in [6.07, 6.45) is 3.06. The molecule has 5 heteroatoms. The quantitative estimate of drug-likeness (QED) is 0.780. The predicted octanol–water partition coefficient (Wildman–Crippen LogP) is 1.52. The van der Waals surface area contributed by atoms with Gasteiger partial charge in [0.2, 0.25) is 5.91 Å². The van der Waals surface area contributed by atoms with E-state index in [9.17, 15) is 9.59 Å². The van der Waals surface area contributed by atoms with Crippen molar-refractivity contribution in [2.24, 2.45) is 0 Å². The van der Waals surface area contributed by atoms with Gasteiger partial charge in [0.05, 0.1) is 6.04 Å². The van der Waals surface area contributed by atoms with Crippen LogP contribution in [0.4, 0.5) is 5.69 Å². The van der Waals surface area contributed by atoms with Gasteiger partial charge < -0.3 is 16.0 Å². The molecule has 1 unspecified atom stereocenters. The van der Waals surface area contributed by atoms with Gasteiger partial charge in [-0.25, -0.2) is 0 Å². The smallest absolute Gasteiger partial charge is 0.251 e. The number of benzene rings is 1. The predicted molar refractivity (Wildman–Crippen MR) is 78.7 cm³/mol. The van der Waals surface area contributed by atoms with Crippen LogP contribution in [0.15, 0.2) is 24.3 Å². The third kappa shape index (κ3) is 3.81. The van der Waals surface area contributed by atoms with Crippen molar-refractivity contribution in [3.05, 3.63) is 29.8 Å². The average molecular weight is 275 g/mol. The highest BCUT2D eigenvalue weighted by Crippen LogP contribution is 2.13. The molecular weight excluding hydrogens is 254 g/mol. The minimum atomic E-state index is -0.128. The zero-order valence-electron chi connectivity index (χ0n) is 11.7. The molecule has 2 amide bonds. The summed E-state index contributed by atoms with van der Waals surface area (Å²) >= 11 is 0. The first kappa shape index (κ1) is 14.5. The summed E-state index contributed by atoms with van der Waals surface area (Å²) in [6.45, 7) is 3.34. The molecule has 1 aromatic carbocycles. The molecule has 1 heterocycles. The molecule has 20 heavy (non-hydrogen) atoms. The summed E-state index contributed by atoms with van der Waals surface area (Å²) in [5.74, 6) is -0.155. The molecule has 1 aliphatic rings. The molecule has 2 rings (SSSR count). The Bertz CT molecular complexity index is 482. The van der Waals surface area contributed by atoms with E-state index in [0.717, 1.165) is 25.8 Å². The van der Waals surface area contributed by atoms with Crippen molar-refractivity contribution in [3.63, 3.8) is 0 Å². The lowest BCUT2D eigenvalue weighted by Gasteiger charge is -2.22. The number of carbonyl (C=O) groups excluding carboxylic acids is 2. The topological polar surface area (TPSA) is 70.2 Å². The van der Waals surface area contributed by atoms with Crippen LogP contribution in [-0.2, 0) is 4.79 Å². The van der Waals surface area contributed by atoms with Crippen molar-refractivity contribution in [3.8, 4) is 0 Å². The number of hydrogen-bond acceptors (Lipinski definition) is 3. The summed E-state index contributed by atoms with van der Waals surface area (Å²) in [4.78, 5) is 23.8. The number of piperidine rings is 1. The van der Waals surface area contributed by atoms with E-state index in [-0.39, 0.29) is 17.9 Å². The zero-order valence-corrected chi connectivity index (χ0v) is 11.7. The Morgan fingerprint density at radius 2 is 2.20 bits per heavy atom. The third-order valence-corrected chi connectivity index (χ3v) is 3.36. The third-order valence-electron chi connectivity index (χ3n) is 3.36. The highest BCUT2D eigenvalue weighted by Gasteiger charge is 2.20. The van der Waals surface area contributed by atoms with E-state index in [1.807, 2.05) is 6.92 Å². The van der Waals surface area contributed by atoms with Crippen LogP contribution in [0, 0.1) is 0 Å². The van der Waals surface area contributed by atoms with E-state index < -0.39 is 0 Å². The minimum Gasteiger partial charge on any atom is -0.352 e. The van der Waals surface area contributed by atoms with Gasteiger partial charge in [0, 0.05) is 17.8 Å². The summed E-state index contributed by atoms with van der Waals surface area (Å²) in [7, 11) is 0. The van der Waals surface area contributed by atoms with Gasteiger partial charge in [0.1, 0.15) is 0 Å². The summed E-state index contributed by atoms with van der Waals surface area (Å²) < 4.78 is 0. The van der Waals surface area contributed by atoms with Crippen LogP contribution in [0.1, 0.15) is 36.5 Å². The maximum absolute atomic E-state index is 12.1. The van der Waals surface area contributed by atoms with Crippen molar-refractivity contribution in [2.75, 3.05) is 18.4 Å². The first-order chi connectivity index (χ1) is 9.70. The van der Waals surface area contributed by atoms with Crippen molar-refractivity contribution in [1.82, 2.24) is 10.6 Å². The largest absolute Gasteiger partial charge is 0.352 e. The Kier molecular flexibility index (Phi) is 5.12. The molecule has 0 aliphatic carbocycles. The lowest BCUT2D eigenvalue weighted by Crippen LogP contribution is -2.43. The summed E-state index contributed by atoms with van der Waals surface area (Å²) in [6, 6.07) is 6.88. The first-order valence-electron chi connectivity index (χ1n) is 7.13. The van der Waals surface area contributed by atoms with Crippen LogP contribution in [-0.4, -0.2) is 30.9 Å². The molecule has 1 saturated heterocycles. The van der Waals surface area contributed by atoms with Crippen LogP contribution >= 0.6 is 0 Å². The summed E-state index contributed by atoms with van der Waals surface area (Å²) in [5.41, 5.74) is 1.22. The van der Waals surface area contributed by atoms with E-state index in [4.69, 9.17) is 0 Å². The number of amides is 2. The first-order valence-corrected chi connectivity index (χ1v) is 7.13. The van der Waals surface area contributed by atoms with E-state index in [2.05, 4.69) is 16.0 Å². The fraction of sp³-hybridized carbons (Fsp3) is 0.467. The molecule has 1 atom stereocenters. The van der Waals surface area contributed by atoms with E-state index in [1.54, 1.807) is 24.3 Å². The van der Waals surface area contributed by atoms with E-state index in [0.29, 0.717) is 17.8 Å². The average Bonchev–Trinajstić information content (AvgIpc) is 2.48. The number of hydrogen-bond donors (Lipinski definition) is 3. The van der Waals surface area contributed by atoms with Crippen molar-refractivity contribution in [1.29, 1.82) is 0 Å². The molecule has 1 aliphatic heterocycles. The number of nitrogens with one attached hydrogen (secondary N) is 3. The number of anilines is 1. The molecule has 108 valence electrons. The maximum atomic E-state index is 12.1. The monoisotopic (exact) mass is 275 g/mol. The molecule has 0 radical (unpaired) electrons. The number of rotatable bonds is 4. The van der Waals surface area contributed by atoms with Gasteiger partial charge in [-0.3, -0.25) is 9.59 Å². The Balaban J connectivity index is 2.00. The lowest BCUT2D eigenvalue weighted by molar-refractivity contribution is -0.118. The number of carbonyl (C=O) groups is 2. The van der Waals surface area contributed by atoms with Gasteiger partial charge in [-0.15, -0.1) is 0 Å². The molecule has 3 N–H and O–H groups in total. The van der Waals surface area contributed by atoms with Gasteiger partial charge in [-0.05, 0) is 44.5 Å². The Morgan fingerprint density at radius 3 is 2.90 bits per heavy atom. The Hall–Kier alpha value is -1.88. The second-order valence-corrected chi connectivity index (χ2v) is 4.93. The van der Waals surface area contributed by atoms with Crippen molar-refractivity contribution < 1.29 is 9.59 Å². The summed E-state index contributed by atoms with van der Waals surface area (Å²) in [5, 5.41) is 8.81. The highest BCUT2D eigenvalue weighted by atomic mass is 16.2. The fourth-order valence-corrected chi connectivity index (χ4v) is 2.31. The standard InChI is InChI=1S/C15H21N3O2/c1-2-16-14(19)11-6-5-7-12(10-11)18-15(20)13-8-3-4-9-17-13/h5-7,10,13,17H,2-4,8-9H2,1H3,(H,16,19)(H,18,20). The SMILES string of the molecule is CCNC(=O)c1cccc(NC(=O)C2CCCCN2)c1. The minimum absolute atomic E-state index is 0.0299. The Labute approximate surface area is 119 Å². The van der Waals surface area contributed by atoms with Crippen LogP contribution < -0.4 is 16.0 Å². The second-order valence-electron chi connectivity index (χ2n) is 4.93. The normalized spacial score (nSPS) is 18.4. The van der Waals surface area contributed by atoms with E-state index >= 15 is 0 Å². The van der Waals surface area contributed by atoms with Gasteiger partial charge in [0.25, 0.3) is 5.91 Å². The van der Waals surface area contributed by atoms with Gasteiger partial charge in [-0.1, -0.05) is 12.5 Å². The molecule has 5 nitrogen and oxygen atoms in total. The Morgan fingerprint density at radius 1 is 1.35 bits per heavy atom. The van der Waals surface area contributed by atoms with Crippen LogP contribution in [0.5, 0.6) is 0 Å². The van der Waals surface area contributed by atoms with Crippen LogP contribution in [0.25, 0.3) is 0 Å². The van der Waals surface area contributed by atoms with Crippen LogP contribution in [0.2, 0.25) is 0 Å². The molecule has 0 bridgehead atoms. The second kappa shape index (κ2) is 7.05. The fourth-order valence-electron chi connectivity index (χ4n) is 2.31. The highest BCUT2D eigenvalue weighted by molar-refractivity contribution is 5.98. The van der Waals surface area contributed by atoms with Crippen LogP contribution in [0.3, 0.4) is 0 Å². The van der Waals surface area contributed by atoms with Gasteiger partial charge >= 0.3 is 0 Å². The molecule has 1 fully saturated rings. The maximum Gasteiger partial charge on any atom is 0.251 e. The molecule has 0 aromatic heterocycles. The van der Waals surface area contributed by atoms with Gasteiger partial charge in [-0.2, -0.15) is 0 Å². The van der Waals surface area contributed by atoms with Gasteiger partial charge in [0.15, 0.2) is 0 Å². The molecular formula is C15H21N3O2.